The molecule has 18 heavy (non-hydrogen) atoms. The molecule has 3 N–H and O–H groups in total. The number of hydrogen-bond acceptors (Lipinski definition) is 3. The Morgan fingerprint density at radius 3 is 2.89 bits per heavy atom. The van der Waals surface area contributed by atoms with Crippen LogP contribution in [0.15, 0.2) is 18.2 Å². The van der Waals surface area contributed by atoms with Crippen LogP contribution in [0.2, 0.25) is 0 Å². The Hall–Kier alpha value is -1.55. The fourth-order valence-corrected chi connectivity index (χ4v) is 2.65. The maximum Gasteiger partial charge on any atom is 0.240 e. The number of rotatable bonds is 3. The highest BCUT2D eigenvalue weighted by Crippen LogP contribution is 2.28. The molecular weight excluding hydrogens is 228 g/mol. The summed E-state index contributed by atoms with van der Waals surface area (Å²) in [5, 5.41) is 9.12. The molecule has 1 aromatic carbocycles. The number of anilines is 1. The van der Waals surface area contributed by atoms with Crippen LogP contribution in [0.1, 0.15) is 30.4 Å². The van der Waals surface area contributed by atoms with Gasteiger partial charge in [0.2, 0.25) is 5.91 Å². The molecule has 0 saturated carbocycles. The molecule has 1 atom stereocenters. The maximum atomic E-state index is 11.5. The Bertz CT molecular complexity index is 445. The van der Waals surface area contributed by atoms with Gasteiger partial charge in [0.15, 0.2) is 0 Å². The van der Waals surface area contributed by atoms with E-state index in [0.29, 0.717) is 0 Å². The molecule has 4 nitrogen and oxygen atoms in total. The van der Waals surface area contributed by atoms with Crippen LogP contribution in [0.4, 0.5) is 5.69 Å². The van der Waals surface area contributed by atoms with E-state index in [1.807, 2.05) is 25.1 Å². The summed E-state index contributed by atoms with van der Waals surface area (Å²) in [4.78, 5) is 13.6. The van der Waals surface area contributed by atoms with Gasteiger partial charge in [-0.2, -0.15) is 0 Å². The first-order valence-electron chi connectivity index (χ1n) is 6.40. The molecule has 1 heterocycles. The number of hydrogen-bond donors (Lipinski definition) is 2. The number of piperidine rings is 1. The lowest BCUT2D eigenvalue weighted by Gasteiger charge is -2.36. The van der Waals surface area contributed by atoms with Crippen LogP contribution >= 0.6 is 0 Å². The van der Waals surface area contributed by atoms with E-state index >= 15 is 0 Å². The number of primary amides is 1. The van der Waals surface area contributed by atoms with Crippen molar-refractivity contribution in [1.29, 1.82) is 0 Å². The minimum absolute atomic E-state index is 0.0420. The third-order valence-electron chi connectivity index (χ3n) is 3.58. The van der Waals surface area contributed by atoms with Crippen molar-refractivity contribution in [2.75, 3.05) is 11.4 Å². The molecule has 1 aliphatic rings. The molecule has 1 saturated heterocycles. The van der Waals surface area contributed by atoms with E-state index in [1.165, 1.54) is 0 Å². The zero-order valence-corrected chi connectivity index (χ0v) is 10.7. The van der Waals surface area contributed by atoms with Crippen molar-refractivity contribution in [1.82, 2.24) is 0 Å². The molecule has 1 fully saturated rings. The first kappa shape index (κ1) is 12.9. The summed E-state index contributed by atoms with van der Waals surface area (Å²) in [6.07, 6.45) is 2.97. The summed E-state index contributed by atoms with van der Waals surface area (Å²) in [6.45, 7) is 2.91. The molecule has 0 aromatic heterocycles. The molecule has 0 bridgehead atoms. The van der Waals surface area contributed by atoms with Gasteiger partial charge < -0.3 is 15.7 Å². The number of aliphatic hydroxyl groups is 1. The van der Waals surface area contributed by atoms with E-state index in [9.17, 15) is 4.79 Å². The Balaban J connectivity index is 2.31. The molecule has 0 aliphatic carbocycles. The number of carbonyl (C=O) groups is 1. The number of aryl methyl sites for hydroxylation is 1. The average Bonchev–Trinajstić information content (AvgIpc) is 2.38. The van der Waals surface area contributed by atoms with Gasteiger partial charge >= 0.3 is 0 Å². The summed E-state index contributed by atoms with van der Waals surface area (Å²) in [6, 6.07) is 5.64. The van der Waals surface area contributed by atoms with Gasteiger partial charge in [-0.15, -0.1) is 0 Å². The maximum absolute atomic E-state index is 11.5. The number of benzene rings is 1. The zero-order chi connectivity index (χ0) is 13.1. The molecule has 0 radical (unpaired) electrons. The smallest absolute Gasteiger partial charge is 0.240 e. The average molecular weight is 248 g/mol. The van der Waals surface area contributed by atoms with Crippen LogP contribution in [0, 0.1) is 6.92 Å². The van der Waals surface area contributed by atoms with Gasteiger partial charge in [-0.25, -0.2) is 0 Å². The predicted octanol–water partition coefficient (Wildman–Crippen LogP) is 1.33. The molecule has 4 heteroatoms. The third kappa shape index (κ3) is 2.48. The number of nitrogens with two attached hydrogens (primary N) is 1. The molecular formula is C14H20N2O2. The Morgan fingerprint density at radius 1 is 1.50 bits per heavy atom. The van der Waals surface area contributed by atoms with E-state index in [-0.39, 0.29) is 18.6 Å². The largest absolute Gasteiger partial charge is 0.392 e. The van der Waals surface area contributed by atoms with Crippen molar-refractivity contribution >= 4 is 11.6 Å². The van der Waals surface area contributed by atoms with Gasteiger partial charge in [-0.3, -0.25) is 4.79 Å². The van der Waals surface area contributed by atoms with Gasteiger partial charge in [0.25, 0.3) is 0 Å². The molecule has 1 unspecified atom stereocenters. The first-order chi connectivity index (χ1) is 8.63. The van der Waals surface area contributed by atoms with Gasteiger partial charge in [0.05, 0.1) is 6.61 Å². The van der Waals surface area contributed by atoms with E-state index in [2.05, 4.69) is 4.90 Å². The predicted molar refractivity (Wildman–Crippen MR) is 71.3 cm³/mol. The highest BCUT2D eigenvalue weighted by Gasteiger charge is 2.27. The number of amides is 1. The Labute approximate surface area is 107 Å². The standard InChI is InChI=1S/C14H20N2O2/c1-10-8-11(9-17)5-6-12(10)16-7-3-2-4-13(16)14(15)18/h5-6,8,13,17H,2-4,7,9H2,1H3,(H2,15,18). The molecule has 1 aliphatic heterocycles. The van der Waals surface area contributed by atoms with E-state index in [4.69, 9.17) is 10.8 Å². The van der Waals surface area contributed by atoms with Crippen LogP contribution in [-0.4, -0.2) is 23.6 Å². The third-order valence-corrected chi connectivity index (χ3v) is 3.58. The summed E-state index contributed by atoms with van der Waals surface area (Å²) < 4.78 is 0. The van der Waals surface area contributed by atoms with Gasteiger partial charge in [-0.1, -0.05) is 12.1 Å². The van der Waals surface area contributed by atoms with Crippen molar-refractivity contribution in [3.8, 4) is 0 Å². The fraction of sp³-hybridized carbons (Fsp3) is 0.500. The lowest BCUT2D eigenvalue weighted by molar-refractivity contribution is -0.119. The van der Waals surface area contributed by atoms with Crippen LogP contribution in [0.5, 0.6) is 0 Å². The summed E-state index contributed by atoms with van der Waals surface area (Å²) in [7, 11) is 0. The Kier molecular flexibility index (Phi) is 3.87. The van der Waals surface area contributed by atoms with Crippen molar-refractivity contribution in [2.24, 2.45) is 5.73 Å². The van der Waals surface area contributed by atoms with Crippen LogP contribution in [-0.2, 0) is 11.4 Å². The highest BCUT2D eigenvalue weighted by atomic mass is 16.3. The minimum Gasteiger partial charge on any atom is -0.392 e. The number of nitrogens with zero attached hydrogens (tertiary/aromatic N) is 1. The normalized spacial score (nSPS) is 19.9. The lowest BCUT2D eigenvalue weighted by atomic mass is 9.99. The monoisotopic (exact) mass is 248 g/mol. The second-order valence-corrected chi connectivity index (χ2v) is 4.89. The van der Waals surface area contributed by atoms with Crippen molar-refractivity contribution in [2.45, 2.75) is 38.8 Å². The minimum atomic E-state index is -0.250. The zero-order valence-electron chi connectivity index (χ0n) is 10.7. The second kappa shape index (κ2) is 5.40. The van der Waals surface area contributed by atoms with E-state index in [0.717, 1.165) is 42.6 Å². The lowest BCUT2D eigenvalue weighted by Crippen LogP contribution is -2.48. The Morgan fingerprint density at radius 2 is 2.28 bits per heavy atom. The molecule has 1 amide bonds. The van der Waals surface area contributed by atoms with Crippen molar-refractivity contribution < 1.29 is 9.90 Å². The SMILES string of the molecule is Cc1cc(CO)ccc1N1CCCCC1C(N)=O. The summed E-state index contributed by atoms with van der Waals surface area (Å²) in [5.74, 6) is -0.250. The second-order valence-electron chi connectivity index (χ2n) is 4.89. The van der Waals surface area contributed by atoms with Gasteiger partial charge in [0.1, 0.15) is 6.04 Å². The molecule has 2 rings (SSSR count). The molecule has 1 aromatic rings. The van der Waals surface area contributed by atoms with Crippen LogP contribution in [0.3, 0.4) is 0 Å². The van der Waals surface area contributed by atoms with Crippen molar-refractivity contribution in [3.05, 3.63) is 29.3 Å². The van der Waals surface area contributed by atoms with E-state index < -0.39 is 0 Å². The topological polar surface area (TPSA) is 66.6 Å². The van der Waals surface area contributed by atoms with Crippen molar-refractivity contribution in [3.63, 3.8) is 0 Å². The molecule has 0 spiro atoms. The van der Waals surface area contributed by atoms with E-state index in [1.54, 1.807) is 0 Å². The van der Waals surface area contributed by atoms with Crippen LogP contribution < -0.4 is 10.6 Å². The van der Waals surface area contributed by atoms with Gasteiger partial charge in [0, 0.05) is 12.2 Å². The molecule has 98 valence electrons. The highest BCUT2D eigenvalue weighted by molar-refractivity contribution is 5.84. The summed E-state index contributed by atoms with van der Waals surface area (Å²) in [5.41, 5.74) is 8.50. The quantitative estimate of drug-likeness (QED) is 0.848. The first-order valence-corrected chi connectivity index (χ1v) is 6.40. The van der Waals surface area contributed by atoms with Gasteiger partial charge in [-0.05, 0) is 43.4 Å². The number of aliphatic hydroxyl groups excluding tert-OH is 1. The fourth-order valence-electron chi connectivity index (χ4n) is 2.65. The number of carbonyl (C=O) groups excluding carboxylic acids is 1. The van der Waals surface area contributed by atoms with Crippen LogP contribution in [0.25, 0.3) is 0 Å². The summed E-state index contributed by atoms with van der Waals surface area (Å²) >= 11 is 0.